The molecule has 36 heavy (non-hydrogen) atoms. The Balaban J connectivity index is 1.22. The fraction of sp³-hybridized carbons (Fsp3) is 0.607. The summed E-state index contributed by atoms with van der Waals surface area (Å²) in [5.74, 6) is 0.457. The fourth-order valence-electron chi connectivity index (χ4n) is 5.30. The zero-order valence-corrected chi connectivity index (χ0v) is 21.5. The van der Waals surface area contributed by atoms with E-state index in [0.717, 1.165) is 57.9 Å². The van der Waals surface area contributed by atoms with Crippen LogP contribution in [0.4, 0.5) is 10.1 Å². The van der Waals surface area contributed by atoms with Crippen LogP contribution in [0.3, 0.4) is 0 Å². The molecule has 1 saturated carbocycles. The zero-order chi connectivity index (χ0) is 25.5. The van der Waals surface area contributed by atoms with Crippen LogP contribution >= 0.6 is 0 Å². The average molecular weight is 499 g/mol. The molecule has 2 aliphatic rings. The van der Waals surface area contributed by atoms with Crippen molar-refractivity contribution in [3.8, 4) is 5.75 Å². The lowest BCUT2D eigenvalue weighted by Crippen LogP contribution is -2.42. The average Bonchev–Trinajstić information content (AvgIpc) is 3.17. The first-order chi connectivity index (χ1) is 17.5. The second-order valence-corrected chi connectivity index (χ2v) is 10.0. The van der Waals surface area contributed by atoms with E-state index in [1.54, 1.807) is 10.6 Å². The van der Waals surface area contributed by atoms with Gasteiger partial charge in [-0.15, -0.1) is 0 Å². The van der Waals surface area contributed by atoms with Gasteiger partial charge in [0.05, 0.1) is 13.2 Å². The maximum Gasteiger partial charge on any atom is 0.274 e. The third-order valence-electron chi connectivity index (χ3n) is 7.42. The molecule has 0 atom stereocenters. The predicted octanol–water partition coefficient (Wildman–Crippen LogP) is 4.33. The summed E-state index contributed by atoms with van der Waals surface area (Å²) in [6.45, 7) is 7.66. The van der Waals surface area contributed by atoms with Gasteiger partial charge in [0.1, 0.15) is 22.6 Å². The lowest BCUT2D eigenvalue weighted by atomic mass is 9.93. The summed E-state index contributed by atoms with van der Waals surface area (Å²) in [6.07, 6.45) is 12.6. The van der Waals surface area contributed by atoms with Crippen molar-refractivity contribution in [1.82, 2.24) is 14.5 Å². The Bertz CT molecular complexity index is 1210. The number of unbranched alkanes of at least 4 members (excludes halogenated alkanes) is 4. The first-order valence-electron chi connectivity index (χ1n) is 13.6. The normalized spacial score (nSPS) is 15.2. The number of rotatable bonds is 12. The van der Waals surface area contributed by atoms with Crippen LogP contribution in [0.1, 0.15) is 89.5 Å². The summed E-state index contributed by atoms with van der Waals surface area (Å²) in [6, 6.07) is 3.42. The summed E-state index contributed by atoms with van der Waals surface area (Å²) in [5, 5.41) is 0.293. The number of ether oxygens (including phenoxy) is 1. The molecule has 1 aliphatic carbocycles. The van der Waals surface area contributed by atoms with Crippen LogP contribution in [-0.4, -0.2) is 39.6 Å². The van der Waals surface area contributed by atoms with Crippen molar-refractivity contribution in [2.24, 2.45) is 4.99 Å². The quantitative estimate of drug-likeness (QED) is 0.378. The molecule has 4 rings (SSSR count). The van der Waals surface area contributed by atoms with Gasteiger partial charge in [0.2, 0.25) is 11.5 Å². The highest BCUT2D eigenvalue weighted by Crippen LogP contribution is 2.33. The summed E-state index contributed by atoms with van der Waals surface area (Å²) in [4.78, 5) is 33.9. The maximum absolute atomic E-state index is 14.4. The van der Waals surface area contributed by atoms with E-state index in [-0.39, 0.29) is 17.8 Å². The van der Waals surface area contributed by atoms with Crippen molar-refractivity contribution < 1.29 is 13.9 Å². The molecule has 2 aromatic rings. The number of halogens is 1. The van der Waals surface area contributed by atoms with Crippen LogP contribution in [0.2, 0.25) is 0 Å². The molecule has 0 spiro atoms. The first-order valence-corrected chi connectivity index (χ1v) is 13.6. The van der Waals surface area contributed by atoms with E-state index in [2.05, 4.69) is 28.4 Å². The Hall–Kier alpha value is -2.90. The topological polar surface area (TPSA) is 79.7 Å². The summed E-state index contributed by atoms with van der Waals surface area (Å²) < 4.78 is 22.0. The Kier molecular flexibility index (Phi) is 8.99. The van der Waals surface area contributed by atoms with E-state index in [1.165, 1.54) is 25.3 Å². The van der Waals surface area contributed by atoms with Crippen molar-refractivity contribution in [1.29, 1.82) is 0 Å². The standard InChI is InChI=1S/C28H39FN4O3/c1-3-4-17-32(21-12-8-7-9-13-21)25(34)14-10-5-6-11-18-36-24-16-15-23(29)26-22(24)19-33-20(2)27(35)31-28(33)30-26/h15-16,21H,2-14,17-19H2,1H3,(H,30,31,35). The van der Waals surface area contributed by atoms with Gasteiger partial charge in [0.15, 0.2) is 0 Å². The zero-order valence-electron chi connectivity index (χ0n) is 21.5. The number of amides is 1. The largest absolute Gasteiger partial charge is 0.493 e. The Morgan fingerprint density at radius 1 is 1.19 bits per heavy atom. The molecule has 1 N–H and O–H groups in total. The summed E-state index contributed by atoms with van der Waals surface area (Å²) in [7, 11) is 0. The van der Waals surface area contributed by atoms with Gasteiger partial charge in [-0.1, -0.05) is 52.0 Å². The molecule has 2 heterocycles. The number of nitrogens with one attached hydrogen (secondary N) is 1. The highest BCUT2D eigenvalue weighted by molar-refractivity contribution is 5.76. The number of benzene rings is 1. The van der Waals surface area contributed by atoms with E-state index >= 15 is 0 Å². The number of imidazole rings is 1. The molecule has 8 heteroatoms. The lowest BCUT2D eigenvalue weighted by Gasteiger charge is -2.34. The van der Waals surface area contributed by atoms with Gasteiger partial charge >= 0.3 is 0 Å². The molecular weight excluding hydrogens is 459 g/mol. The fourth-order valence-corrected chi connectivity index (χ4v) is 5.30. The molecule has 1 fully saturated rings. The highest BCUT2D eigenvalue weighted by Gasteiger charge is 2.24. The van der Waals surface area contributed by atoms with Gasteiger partial charge in [0, 0.05) is 24.6 Å². The lowest BCUT2D eigenvalue weighted by molar-refractivity contribution is -0.134. The Morgan fingerprint density at radius 3 is 2.75 bits per heavy atom. The minimum absolute atomic E-state index is 0.206. The molecule has 1 amide bonds. The molecular formula is C28H39FN4O3. The molecule has 1 aliphatic heterocycles. The molecule has 0 unspecified atom stereocenters. The minimum atomic E-state index is -0.442. The number of nitrogens with zero attached hydrogens (tertiary/aromatic N) is 3. The number of carbonyl (C=O) groups is 1. The SMILES string of the molecule is C=c1c(=O)[nH]c2n1Cc1c(OCCCCCCC(=O)N(CCCC)C3CCCCC3)ccc(F)c1N=2. The van der Waals surface area contributed by atoms with Crippen LogP contribution in [0.25, 0.3) is 6.58 Å². The van der Waals surface area contributed by atoms with Crippen LogP contribution in [0.15, 0.2) is 21.9 Å². The molecule has 1 aromatic heterocycles. The van der Waals surface area contributed by atoms with E-state index in [4.69, 9.17) is 4.74 Å². The number of hydrogen-bond acceptors (Lipinski definition) is 4. The van der Waals surface area contributed by atoms with Gasteiger partial charge in [-0.05, 0) is 44.2 Å². The van der Waals surface area contributed by atoms with E-state index in [9.17, 15) is 14.0 Å². The third kappa shape index (κ3) is 6.08. The Labute approximate surface area is 212 Å². The van der Waals surface area contributed by atoms with E-state index < -0.39 is 5.82 Å². The van der Waals surface area contributed by atoms with Gasteiger partial charge < -0.3 is 14.2 Å². The monoisotopic (exact) mass is 498 g/mol. The van der Waals surface area contributed by atoms with Gasteiger partial charge in [-0.2, -0.15) is 0 Å². The number of aromatic amines is 1. The third-order valence-corrected chi connectivity index (χ3v) is 7.42. The van der Waals surface area contributed by atoms with Crippen molar-refractivity contribution in [3.05, 3.63) is 44.8 Å². The number of H-pyrrole nitrogens is 1. The first kappa shape index (κ1) is 26.2. The molecule has 1 aromatic carbocycles. The molecule has 0 saturated heterocycles. The maximum atomic E-state index is 14.4. The number of hydrogen-bond donors (Lipinski definition) is 1. The molecule has 0 bridgehead atoms. The van der Waals surface area contributed by atoms with Crippen LogP contribution in [0.5, 0.6) is 5.75 Å². The number of fused-ring (bicyclic) bond motifs is 2. The number of aromatic nitrogens is 2. The molecule has 0 radical (unpaired) electrons. The highest BCUT2D eigenvalue weighted by atomic mass is 19.1. The molecule has 196 valence electrons. The van der Waals surface area contributed by atoms with Gasteiger partial charge in [-0.3, -0.25) is 14.6 Å². The summed E-state index contributed by atoms with van der Waals surface area (Å²) >= 11 is 0. The smallest absolute Gasteiger partial charge is 0.274 e. The van der Waals surface area contributed by atoms with E-state index in [1.807, 2.05) is 0 Å². The van der Waals surface area contributed by atoms with Crippen molar-refractivity contribution >= 4 is 18.2 Å². The van der Waals surface area contributed by atoms with Crippen molar-refractivity contribution in [2.45, 2.75) is 96.6 Å². The van der Waals surface area contributed by atoms with Gasteiger partial charge in [0.25, 0.3) is 5.56 Å². The van der Waals surface area contributed by atoms with Crippen LogP contribution < -0.4 is 21.3 Å². The predicted molar refractivity (Wildman–Crippen MR) is 139 cm³/mol. The number of carbonyl (C=O) groups excluding carboxylic acids is 1. The minimum Gasteiger partial charge on any atom is -0.493 e. The molecule has 7 nitrogen and oxygen atoms in total. The van der Waals surface area contributed by atoms with Crippen molar-refractivity contribution in [2.75, 3.05) is 13.2 Å². The van der Waals surface area contributed by atoms with Crippen LogP contribution in [0, 0.1) is 5.82 Å². The van der Waals surface area contributed by atoms with Crippen molar-refractivity contribution in [3.63, 3.8) is 0 Å². The second kappa shape index (κ2) is 12.4. The van der Waals surface area contributed by atoms with Crippen LogP contribution in [-0.2, 0) is 11.3 Å². The summed E-state index contributed by atoms with van der Waals surface area (Å²) in [5.41, 5.74) is 0.810. The Morgan fingerprint density at radius 2 is 1.97 bits per heavy atom. The van der Waals surface area contributed by atoms with Gasteiger partial charge in [-0.25, -0.2) is 9.38 Å². The van der Waals surface area contributed by atoms with E-state index in [0.29, 0.717) is 47.3 Å². The second-order valence-electron chi connectivity index (χ2n) is 10.0.